The van der Waals surface area contributed by atoms with Crippen molar-refractivity contribution in [3.05, 3.63) is 45.5 Å². The Kier molecular flexibility index (Phi) is 4.29. The van der Waals surface area contributed by atoms with E-state index in [4.69, 9.17) is 4.74 Å². The van der Waals surface area contributed by atoms with Gasteiger partial charge in [0.2, 0.25) is 5.88 Å². The molecule has 0 bridgehead atoms. The van der Waals surface area contributed by atoms with E-state index in [2.05, 4.69) is 25.0 Å². The van der Waals surface area contributed by atoms with Gasteiger partial charge in [-0.1, -0.05) is 0 Å². The second kappa shape index (κ2) is 6.37. The Morgan fingerprint density at radius 2 is 2.17 bits per heavy atom. The van der Waals surface area contributed by atoms with Crippen LogP contribution >= 0.6 is 0 Å². The molecule has 0 saturated carbocycles. The largest absolute Gasteiger partial charge is 0.476 e. The number of pyridine rings is 1. The lowest BCUT2D eigenvalue weighted by molar-refractivity contribution is 0.253. The van der Waals surface area contributed by atoms with E-state index in [9.17, 15) is 4.79 Å². The van der Waals surface area contributed by atoms with Crippen molar-refractivity contribution in [2.75, 3.05) is 32.1 Å². The molecule has 0 spiro atoms. The average Bonchev–Trinajstić information content (AvgIpc) is 2.92. The van der Waals surface area contributed by atoms with Crippen molar-refractivity contribution in [2.24, 2.45) is 0 Å². The molecule has 1 N–H and O–H groups in total. The minimum absolute atomic E-state index is 0.154. The SMILES string of the molecule is Cc1c(N2Cc3ccc(OCCN(C)C)nc3C2)cn[nH]c1=O. The Morgan fingerprint density at radius 3 is 2.96 bits per heavy atom. The molecule has 0 aromatic carbocycles. The van der Waals surface area contributed by atoms with Gasteiger partial charge in [-0.05, 0) is 32.6 Å². The maximum absolute atomic E-state index is 11.7. The molecule has 0 aliphatic carbocycles. The number of hydrogen-bond donors (Lipinski definition) is 1. The van der Waals surface area contributed by atoms with E-state index in [1.165, 1.54) is 0 Å². The van der Waals surface area contributed by atoms with E-state index in [0.717, 1.165) is 30.0 Å². The molecule has 1 aliphatic rings. The van der Waals surface area contributed by atoms with Gasteiger partial charge in [-0.25, -0.2) is 10.1 Å². The third-order valence-corrected chi connectivity index (χ3v) is 3.95. The van der Waals surface area contributed by atoms with E-state index in [0.29, 0.717) is 24.6 Å². The second-order valence-electron chi connectivity index (χ2n) is 5.97. The lowest BCUT2D eigenvalue weighted by Crippen LogP contribution is -2.21. The van der Waals surface area contributed by atoms with Crippen LogP contribution in [0.15, 0.2) is 23.1 Å². The first-order chi connectivity index (χ1) is 11.0. The maximum Gasteiger partial charge on any atom is 0.269 e. The Balaban J connectivity index is 1.73. The van der Waals surface area contributed by atoms with Gasteiger partial charge < -0.3 is 14.5 Å². The summed E-state index contributed by atoms with van der Waals surface area (Å²) >= 11 is 0. The molecular weight excluding hydrogens is 294 g/mol. The van der Waals surface area contributed by atoms with Gasteiger partial charge in [0.1, 0.15) is 6.61 Å². The zero-order valence-corrected chi connectivity index (χ0v) is 13.7. The number of aromatic amines is 1. The third-order valence-electron chi connectivity index (χ3n) is 3.95. The number of fused-ring (bicyclic) bond motifs is 1. The van der Waals surface area contributed by atoms with Crippen molar-refractivity contribution >= 4 is 5.69 Å². The van der Waals surface area contributed by atoms with Gasteiger partial charge in [-0.2, -0.15) is 5.10 Å². The highest BCUT2D eigenvalue weighted by atomic mass is 16.5. The highest BCUT2D eigenvalue weighted by Gasteiger charge is 2.23. The normalized spacial score (nSPS) is 13.5. The molecule has 3 rings (SSSR count). The van der Waals surface area contributed by atoms with Crippen molar-refractivity contribution in [1.29, 1.82) is 0 Å². The van der Waals surface area contributed by atoms with Crippen LogP contribution in [0.2, 0.25) is 0 Å². The first-order valence-electron chi connectivity index (χ1n) is 7.60. The maximum atomic E-state index is 11.7. The van der Waals surface area contributed by atoms with Gasteiger partial charge in [0.05, 0.1) is 24.1 Å². The van der Waals surface area contributed by atoms with Crippen LogP contribution in [0.4, 0.5) is 5.69 Å². The first kappa shape index (κ1) is 15.5. The zero-order chi connectivity index (χ0) is 16.4. The highest BCUT2D eigenvalue weighted by Crippen LogP contribution is 2.28. The molecular formula is C16H21N5O2. The molecule has 7 heteroatoms. The molecule has 122 valence electrons. The van der Waals surface area contributed by atoms with Crippen molar-refractivity contribution in [3.63, 3.8) is 0 Å². The minimum atomic E-state index is -0.154. The summed E-state index contributed by atoms with van der Waals surface area (Å²) < 4.78 is 5.69. The summed E-state index contributed by atoms with van der Waals surface area (Å²) in [6.07, 6.45) is 1.69. The monoisotopic (exact) mass is 315 g/mol. The van der Waals surface area contributed by atoms with Gasteiger partial charge in [0.15, 0.2) is 0 Å². The Bertz CT molecular complexity index is 756. The van der Waals surface area contributed by atoms with E-state index in [1.807, 2.05) is 33.2 Å². The lowest BCUT2D eigenvalue weighted by Gasteiger charge is -2.18. The van der Waals surface area contributed by atoms with Crippen LogP contribution in [-0.4, -0.2) is 47.3 Å². The Labute approximate surface area is 134 Å². The fraction of sp³-hybridized carbons (Fsp3) is 0.438. The van der Waals surface area contributed by atoms with Crippen molar-refractivity contribution in [3.8, 4) is 5.88 Å². The van der Waals surface area contributed by atoms with Crippen LogP contribution < -0.4 is 15.2 Å². The summed E-state index contributed by atoms with van der Waals surface area (Å²) in [5.74, 6) is 0.646. The Hall–Kier alpha value is -2.41. The average molecular weight is 315 g/mol. The first-order valence-corrected chi connectivity index (χ1v) is 7.60. The molecule has 0 radical (unpaired) electrons. The van der Waals surface area contributed by atoms with E-state index in [1.54, 1.807) is 6.20 Å². The van der Waals surface area contributed by atoms with Crippen LogP contribution in [0.5, 0.6) is 5.88 Å². The van der Waals surface area contributed by atoms with Gasteiger partial charge in [0, 0.05) is 24.7 Å². The summed E-state index contributed by atoms with van der Waals surface area (Å²) in [5, 5.41) is 6.35. The topological polar surface area (TPSA) is 74.3 Å². The number of H-pyrrole nitrogens is 1. The van der Waals surface area contributed by atoms with E-state index in [-0.39, 0.29) is 5.56 Å². The molecule has 1 aliphatic heterocycles. The highest BCUT2D eigenvalue weighted by molar-refractivity contribution is 5.53. The Morgan fingerprint density at radius 1 is 1.35 bits per heavy atom. The second-order valence-corrected chi connectivity index (χ2v) is 5.97. The summed E-state index contributed by atoms with van der Waals surface area (Å²) in [6.45, 7) is 4.66. The fourth-order valence-electron chi connectivity index (χ4n) is 2.58. The molecule has 0 amide bonds. The van der Waals surface area contributed by atoms with Gasteiger partial charge >= 0.3 is 0 Å². The van der Waals surface area contributed by atoms with Crippen LogP contribution in [0.1, 0.15) is 16.8 Å². The van der Waals surface area contributed by atoms with Crippen molar-refractivity contribution in [2.45, 2.75) is 20.0 Å². The number of anilines is 1. The molecule has 0 saturated heterocycles. The molecule has 2 aromatic rings. The number of nitrogens with zero attached hydrogens (tertiary/aromatic N) is 4. The predicted molar refractivity (Wildman–Crippen MR) is 87.8 cm³/mol. The summed E-state index contributed by atoms with van der Waals surface area (Å²) in [6, 6.07) is 3.95. The van der Waals surface area contributed by atoms with Crippen LogP contribution in [0.25, 0.3) is 0 Å². The predicted octanol–water partition coefficient (Wildman–Crippen LogP) is 0.934. The summed E-state index contributed by atoms with van der Waals surface area (Å²) in [5.41, 5.74) is 3.52. The minimum Gasteiger partial charge on any atom is -0.476 e. The molecule has 0 fully saturated rings. The van der Waals surface area contributed by atoms with Gasteiger partial charge in [0.25, 0.3) is 5.56 Å². The number of rotatable bonds is 5. The number of hydrogen-bond acceptors (Lipinski definition) is 6. The molecule has 2 aromatic heterocycles. The molecule has 3 heterocycles. The summed E-state index contributed by atoms with van der Waals surface area (Å²) in [4.78, 5) is 20.5. The summed E-state index contributed by atoms with van der Waals surface area (Å²) in [7, 11) is 4.02. The zero-order valence-electron chi connectivity index (χ0n) is 13.7. The van der Waals surface area contributed by atoms with Crippen molar-refractivity contribution in [1.82, 2.24) is 20.1 Å². The van der Waals surface area contributed by atoms with Crippen LogP contribution in [-0.2, 0) is 13.1 Å². The fourth-order valence-corrected chi connectivity index (χ4v) is 2.58. The molecule has 0 unspecified atom stereocenters. The number of ether oxygens (including phenoxy) is 1. The molecule has 23 heavy (non-hydrogen) atoms. The number of aromatic nitrogens is 3. The standard InChI is InChI=1S/C16H21N5O2/c1-11-14(8-17-19-16(11)22)21-9-12-4-5-15(18-13(12)10-21)23-7-6-20(2)3/h4-5,8H,6-7,9-10H2,1-3H3,(H,19,22). The van der Waals surface area contributed by atoms with Crippen LogP contribution in [0.3, 0.4) is 0 Å². The van der Waals surface area contributed by atoms with E-state index >= 15 is 0 Å². The van der Waals surface area contributed by atoms with Gasteiger partial charge in [-0.3, -0.25) is 4.79 Å². The third kappa shape index (κ3) is 3.34. The quantitative estimate of drug-likeness (QED) is 0.885. The van der Waals surface area contributed by atoms with Gasteiger partial charge in [-0.15, -0.1) is 0 Å². The lowest BCUT2D eigenvalue weighted by atomic mass is 10.2. The number of likely N-dealkylation sites (N-methyl/N-ethyl adjacent to an activating group) is 1. The van der Waals surface area contributed by atoms with Crippen molar-refractivity contribution < 1.29 is 4.74 Å². The van der Waals surface area contributed by atoms with E-state index < -0.39 is 0 Å². The molecule has 7 nitrogen and oxygen atoms in total. The number of nitrogens with one attached hydrogen (secondary N) is 1. The smallest absolute Gasteiger partial charge is 0.269 e. The van der Waals surface area contributed by atoms with Crippen LogP contribution in [0, 0.1) is 6.92 Å². The molecule has 0 atom stereocenters.